The van der Waals surface area contributed by atoms with E-state index in [1.54, 1.807) is 7.05 Å². The number of aryl methyl sites for hydroxylation is 1. The molecule has 4 nitrogen and oxygen atoms in total. The standard InChI is InChI=1S/C14H20BrNO3S/c1-10-6-11(15)4-5-13(10)20-9-14(18)16(2)7-12(17)8-19-3/h4-6,12,17H,7-9H2,1-3H3. The first kappa shape index (κ1) is 17.5. The molecule has 1 atom stereocenters. The van der Waals surface area contributed by atoms with Crippen LogP contribution in [0.1, 0.15) is 5.56 Å². The fourth-order valence-electron chi connectivity index (χ4n) is 1.69. The van der Waals surface area contributed by atoms with Gasteiger partial charge in [0.05, 0.1) is 18.5 Å². The van der Waals surface area contributed by atoms with Crippen LogP contribution in [0.4, 0.5) is 0 Å². The zero-order valence-corrected chi connectivity index (χ0v) is 14.3. The van der Waals surface area contributed by atoms with Gasteiger partial charge in [-0.3, -0.25) is 4.79 Å². The molecule has 1 aromatic carbocycles. The molecule has 0 aliphatic heterocycles. The molecule has 6 heteroatoms. The van der Waals surface area contributed by atoms with Gasteiger partial charge in [-0.05, 0) is 30.7 Å². The highest BCUT2D eigenvalue weighted by Gasteiger charge is 2.14. The number of carbonyl (C=O) groups is 1. The first-order valence-electron chi connectivity index (χ1n) is 6.24. The van der Waals surface area contributed by atoms with Gasteiger partial charge in [-0.2, -0.15) is 0 Å². The van der Waals surface area contributed by atoms with Crippen LogP contribution in [-0.2, 0) is 9.53 Å². The molecule has 0 bridgehead atoms. The van der Waals surface area contributed by atoms with E-state index in [0.29, 0.717) is 5.75 Å². The van der Waals surface area contributed by atoms with Gasteiger partial charge in [-0.25, -0.2) is 0 Å². The second kappa shape index (κ2) is 8.67. The van der Waals surface area contributed by atoms with Gasteiger partial charge in [0.2, 0.25) is 5.91 Å². The number of carbonyl (C=O) groups excluding carboxylic acids is 1. The smallest absolute Gasteiger partial charge is 0.232 e. The van der Waals surface area contributed by atoms with E-state index in [9.17, 15) is 9.90 Å². The van der Waals surface area contributed by atoms with Crippen LogP contribution in [0.3, 0.4) is 0 Å². The summed E-state index contributed by atoms with van der Waals surface area (Å²) in [6, 6.07) is 5.99. The zero-order valence-electron chi connectivity index (χ0n) is 11.9. The van der Waals surface area contributed by atoms with Gasteiger partial charge in [0, 0.05) is 30.1 Å². The topological polar surface area (TPSA) is 49.8 Å². The van der Waals surface area contributed by atoms with Crippen LogP contribution in [0.15, 0.2) is 27.6 Å². The molecule has 1 unspecified atom stereocenters. The van der Waals surface area contributed by atoms with Crippen molar-refractivity contribution in [2.45, 2.75) is 17.9 Å². The normalized spacial score (nSPS) is 12.2. The van der Waals surface area contributed by atoms with Crippen LogP contribution >= 0.6 is 27.7 Å². The maximum Gasteiger partial charge on any atom is 0.232 e. The molecule has 0 aliphatic carbocycles. The molecule has 1 aromatic rings. The Morgan fingerprint density at radius 1 is 1.55 bits per heavy atom. The van der Waals surface area contributed by atoms with Crippen molar-refractivity contribution in [3.63, 3.8) is 0 Å². The number of halogens is 1. The number of hydrogen-bond donors (Lipinski definition) is 1. The van der Waals surface area contributed by atoms with E-state index in [1.165, 1.54) is 23.8 Å². The van der Waals surface area contributed by atoms with E-state index in [1.807, 2.05) is 25.1 Å². The molecule has 0 heterocycles. The van der Waals surface area contributed by atoms with E-state index in [4.69, 9.17) is 4.74 Å². The summed E-state index contributed by atoms with van der Waals surface area (Å²) in [4.78, 5) is 14.6. The summed E-state index contributed by atoms with van der Waals surface area (Å²) in [5.41, 5.74) is 1.14. The summed E-state index contributed by atoms with van der Waals surface area (Å²) in [6.45, 7) is 2.53. The molecule has 1 N–H and O–H groups in total. The van der Waals surface area contributed by atoms with E-state index in [-0.39, 0.29) is 19.1 Å². The van der Waals surface area contributed by atoms with Crippen molar-refractivity contribution in [3.8, 4) is 0 Å². The van der Waals surface area contributed by atoms with E-state index in [0.717, 1.165) is 14.9 Å². The number of aliphatic hydroxyl groups is 1. The quantitative estimate of drug-likeness (QED) is 0.757. The van der Waals surface area contributed by atoms with Gasteiger partial charge in [-0.1, -0.05) is 15.9 Å². The molecule has 0 aromatic heterocycles. The van der Waals surface area contributed by atoms with Crippen molar-refractivity contribution in [3.05, 3.63) is 28.2 Å². The minimum Gasteiger partial charge on any atom is -0.389 e. The van der Waals surface area contributed by atoms with Crippen molar-refractivity contribution in [2.75, 3.05) is 33.1 Å². The lowest BCUT2D eigenvalue weighted by Crippen LogP contribution is -2.37. The number of hydrogen-bond acceptors (Lipinski definition) is 4. The number of methoxy groups -OCH3 is 1. The molecule has 0 saturated carbocycles. The number of nitrogens with zero attached hydrogens (tertiary/aromatic N) is 1. The van der Waals surface area contributed by atoms with Crippen LogP contribution in [0, 0.1) is 6.92 Å². The number of likely N-dealkylation sites (N-methyl/N-ethyl adjacent to an activating group) is 1. The predicted molar refractivity (Wildman–Crippen MR) is 85.1 cm³/mol. The van der Waals surface area contributed by atoms with Gasteiger partial charge in [0.25, 0.3) is 0 Å². The molecule has 0 spiro atoms. The minimum atomic E-state index is -0.645. The lowest BCUT2D eigenvalue weighted by atomic mass is 10.2. The summed E-state index contributed by atoms with van der Waals surface area (Å²) < 4.78 is 5.88. The van der Waals surface area contributed by atoms with Crippen molar-refractivity contribution < 1.29 is 14.6 Å². The molecule has 0 radical (unpaired) electrons. The predicted octanol–water partition coefficient (Wildman–Crippen LogP) is 2.32. The van der Waals surface area contributed by atoms with Gasteiger partial charge in [0.15, 0.2) is 0 Å². The third-order valence-electron chi connectivity index (χ3n) is 2.76. The van der Waals surface area contributed by atoms with E-state index in [2.05, 4.69) is 15.9 Å². The summed E-state index contributed by atoms with van der Waals surface area (Å²) >= 11 is 4.93. The van der Waals surface area contributed by atoms with Crippen LogP contribution < -0.4 is 0 Å². The van der Waals surface area contributed by atoms with Crippen LogP contribution in [0.5, 0.6) is 0 Å². The molecule has 112 valence electrons. The molecule has 0 aliphatic rings. The zero-order chi connectivity index (χ0) is 15.1. The summed E-state index contributed by atoms with van der Waals surface area (Å²) in [5.74, 6) is 0.353. The monoisotopic (exact) mass is 361 g/mol. The highest BCUT2D eigenvalue weighted by molar-refractivity contribution is 9.10. The second-order valence-electron chi connectivity index (χ2n) is 4.58. The molecule has 0 saturated heterocycles. The summed E-state index contributed by atoms with van der Waals surface area (Å²) in [5, 5.41) is 9.60. The highest BCUT2D eigenvalue weighted by Crippen LogP contribution is 2.25. The second-order valence-corrected chi connectivity index (χ2v) is 6.51. The number of thioether (sulfide) groups is 1. The van der Waals surface area contributed by atoms with Gasteiger partial charge in [-0.15, -0.1) is 11.8 Å². The highest BCUT2D eigenvalue weighted by atomic mass is 79.9. The fourth-order valence-corrected chi connectivity index (χ4v) is 3.11. The molecule has 0 fully saturated rings. The largest absolute Gasteiger partial charge is 0.389 e. The lowest BCUT2D eigenvalue weighted by molar-refractivity contribution is -0.128. The Bertz CT molecular complexity index is 456. The number of rotatable bonds is 7. The van der Waals surface area contributed by atoms with Crippen molar-refractivity contribution >= 4 is 33.6 Å². The SMILES string of the molecule is COCC(O)CN(C)C(=O)CSc1ccc(Br)cc1C. The number of amides is 1. The van der Waals surface area contributed by atoms with Crippen molar-refractivity contribution in [2.24, 2.45) is 0 Å². The Labute approximate surface area is 132 Å². The number of benzene rings is 1. The lowest BCUT2D eigenvalue weighted by Gasteiger charge is -2.20. The Kier molecular flexibility index (Phi) is 7.58. The maximum absolute atomic E-state index is 12.0. The van der Waals surface area contributed by atoms with Crippen molar-refractivity contribution in [1.29, 1.82) is 0 Å². The molecule has 1 rings (SSSR count). The Hall–Kier alpha value is -0.560. The van der Waals surface area contributed by atoms with Gasteiger partial charge >= 0.3 is 0 Å². The number of aliphatic hydroxyl groups excluding tert-OH is 1. The third kappa shape index (κ3) is 5.83. The molecular formula is C14H20BrNO3S. The van der Waals surface area contributed by atoms with Crippen LogP contribution in [-0.4, -0.2) is 55.1 Å². The van der Waals surface area contributed by atoms with Crippen LogP contribution in [0.25, 0.3) is 0 Å². The van der Waals surface area contributed by atoms with Gasteiger partial charge < -0.3 is 14.7 Å². The minimum absolute atomic E-state index is 0.00697. The fraction of sp³-hybridized carbons (Fsp3) is 0.500. The van der Waals surface area contributed by atoms with Crippen LogP contribution in [0.2, 0.25) is 0 Å². The van der Waals surface area contributed by atoms with E-state index < -0.39 is 6.10 Å². The molecule has 1 amide bonds. The third-order valence-corrected chi connectivity index (χ3v) is 4.41. The molecule has 20 heavy (non-hydrogen) atoms. The average Bonchev–Trinajstić information content (AvgIpc) is 2.37. The first-order chi connectivity index (χ1) is 9.43. The Balaban J connectivity index is 2.46. The van der Waals surface area contributed by atoms with Crippen molar-refractivity contribution in [1.82, 2.24) is 4.90 Å². The summed E-state index contributed by atoms with van der Waals surface area (Å²) in [6.07, 6.45) is -0.645. The first-order valence-corrected chi connectivity index (χ1v) is 8.01. The Morgan fingerprint density at radius 3 is 2.85 bits per heavy atom. The number of ether oxygens (including phenoxy) is 1. The maximum atomic E-state index is 12.0. The summed E-state index contributed by atoms with van der Waals surface area (Å²) in [7, 11) is 3.22. The average molecular weight is 362 g/mol. The van der Waals surface area contributed by atoms with E-state index >= 15 is 0 Å². The van der Waals surface area contributed by atoms with Gasteiger partial charge in [0.1, 0.15) is 0 Å². The Morgan fingerprint density at radius 2 is 2.25 bits per heavy atom. The molecular weight excluding hydrogens is 342 g/mol.